The van der Waals surface area contributed by atoms with Gasteiger partial charge in [-0.15, -0.1) is 0 Å². The molecule has 1 aromatic rings. The molecule has 0 fully saturated rings. The van der Waals surface area contributed by atoms with E-state index in [1.165, 1.54) is 0 Å². The number of aryl methyl sites for hydroxylation is 1. The van der Waals surface area contributed by atoms with E-state index in [9.17, 15) is 9.90 Å². The molecule has 0 amide bonds. The normalized spacial score (nSPS) is 12.8. The van der Waals surface area contributed by atoms with E-state index in [2.05, 4.69) is 0 Å². The van der Waals surface area contributed by atoms with Crippen molar-refractivity contribution in [2.75, 3.05) is 20.6 Å². The molecule has 1 aromatic carbocycles. The Bertz CT molecular complexity index is 343. The van der Waals surface area contributed by atoms with Crippen LogP contribution >= 0.6 is 0 Å². The highest BCUT2D eigenvalue weighted by molar-refractivity contribution is 5.76. The van der Waals surface area contributed by atoms with Gasteiger partial charge < -0.3 is 10.0 Å². The predicted octanol–water partition coefficient (Wildman–Crippen LogP) is 2.11. The number of hydrogen-bond acceptors (Lipinski definition) is 2. The van der Waals surface area contributed by atoms with E-state index in [0.29, 0.717) is 6.42 Å². The summed E-state index contributed by atoms with van der Waals surface area (Å²) in [5, 5.41) is 9.19. The van der Waals surface area contributed by atoms with Gasteiger partial charge in [0.1, 0.15) is 0 Å². The fourth-order valence-corrected chi connectivity index (χ4v) is 1.62. The van der Waals surface area contributed by atoms with E-state index < -0.39 is 11.9 Å². The molecule has 0 heterocycles. The van der Waals surface area contributed by atoms with Crippen LogP contribution in [0.3, 0.4) is 0 Å². The summed E-state index contributed by atoms with van der Waals surface area (Å²) in [5.74, 6) is -1.14. The van der Waals surface area contributed by atoms with Crippen molar-refractivity contribution in [2.24, 2.45) is 0 Å². The quantitative estimate of drug-likeness (QED) is 0.828. The van der Waals surface area contributed by atoms with Gasteiger partial charge in [0.2, 0.25) is 0 Å². The molecule has 3 heteroatoms. The van der Waals surface area contributed by atoms with Crippen molar-refractivity contribution in [1.82, 2.24) is 4.90 Å². The molecular weight excluding hydrogens is 202 g/mol. The van der Waals surface area contributed by atoms with Crippen LogP contribution in [0.25, 0.3) is 0 Å². The number of carboxylic acids is 1. The number of rotatable bonds is 5. The van der Waals surface area contributed by atoms with Crippen LogP contribution in [0, 0.1) is 6.92 Å². The van der Waals surface area contributed by atoms with E-state index in [-0.39, 0.29) is 0 Å². The summed E-state index contributed by atoms with van der Waals surface area (Å²) in [7, 11) is 3.90. The highest BCUT2D eigenvalue weighted by atomic mass is 16.4. The first kappa shape index (κ1) is 12.7. The number of hydrogen-bond donors (Lipinski definition) is 1. The first-order valence-electron chi connectivity index (χ1n) is 5.45. The molecule has 1 unspecified atom stereocenters. The lowest BCUT2D eigenvalue weighted by Crippen LogP contribution is -2.20. The van der Waals surface area contributed by atoms with E-state index in [0.717, 1.165) is 17.7 Å². The second-order valence-electron chi connectivity index (χ2n) is 4.39. The minimum absolute atomic E-state index is 0.400. The first-order chi connectivity index (χ1) is 7.50. The summed E-state index contributed by atoms with van der Waals surface area (Å²) in [6, 6.07) is 7.73. The van der Waals surface area contributed by atoms with Crippen LogP contribution in [-0.4, -0.2) is 36.6 Å². The number of carbonyl (C=O) groups is 1. The van der Waals surface area contributed by atoms with Gasteiger partial charge >= 0.3 is 5.97 Å². The minimum atomic E-state index is -0.745. The summed E-state index contributed by atoms with van der Waals surface area (Å²) in [6.45, 7) is 2.78. The van der Waals surface area contributed by atoms with Crippen molar-refractivity contribution in [3.05, 3.63) is 35.4 Å². The lowest BCUT2D eigenvalue weighted by atomic mass is 9.95. The highest BCUT2D eigenvalue weighted by Crippen LogP contribution is 2.20. The second-order valence-corrected chi connectivity index (χ2v) is 4.39. The number of carboxylic acid groups (broad SMARTS) is 1. The van der Waals surface area contributed by atoms with Gasteiger partial charge in [-0.1, -0.05) is 29.8 Å². The van der Waals surface area contributed by atoms with Crippen LogP contribution in [-0.2, 0) is 4.79 Å². The third-order valence-corrected chi connectivity index (χ3v) is 2.64. The Kier molecular flexibility index (Phi) is 4.50. The average Bonchev–Trinajstić information content (AvgIpc) is 2.20. The fourth-order valence-electron chi connectivity index (χ4n) is 1.62. The predicted molar refractivity (Wildman–Crippen MR) is 64.7 cm³/mol. The van der Waals surface area contributed by atoms with Crippen LogP contribution in [0.15, 0.2) is 24.3 Å². The van der Waals surface area contributed by atoms with E-state index >= 15 is 0 Å². The SMILES string of the molecule is Cc1ccc(C(CCN(C)C)C(=O)O)cc1. The monoisotopic (exact) mass is 221 g/mol. The van der Waals surface area contributed by atoms with Crippen LogP contribution in [0.4, 0.5) is 0 Å². The van der Waals surface area contributed by atoms with Gasteiger partial charge in [-0.3, -0.25) is 4.79 Å². The second kappa shape index (κ2) is 5.66. The Balaban J connectivity index is 2.77. The Morgan fingerprint density at radius 2 is 1.88 bits per heavy atom. The lowest BCUT2D eigenvalue weighted by Gasteiger charge is -2.16. The molecule has 0 aliphatic heterocycles. The zero-order valence-corrected chi connectivity index (χ0v) is 10.1. The van der Waals surface area contributed by atoms with Gasteiger partial charge in [-0.05, 0) is 39.5 Å². The Hall–Kier alpha value is -1.35. The largest absolute Gasteiger partial charge is 0.481 e. The molecule has 0 saturated heterocycles. The summed E-state index contributed by atoms with van der Waals surface area (Å²) in [5.41, 5.74) is 2.04. The Morgan fingerprint density at radius 3 is 2.31 bits per heavy atom. The van der Waals surface area contributed by atoms with Gasteiger partial charge in [0.15, 0.2) is 0 Å². The fraction of sp³-hybridized carbons (Fsp3) is 0.462. The van der Waals surface area contributed by atoms with Gasteiger partial charge in [0.25, 0.3) is 0 Å². The third kappa shape index (κ3) is 3.66. The summed E-state index contributed by atoms with van der Waals surface area (Å²) < 4.78 is 0. The zero-order valence-electron chi connectivity index (χ0n) is 10.1. The van der Waals surface area contributed by atoms with Gasteiger partial charge in [-0.25, -0.2) is 0 Å². The third-order valence-electron chi connectivity index (χ3n) is 2.64. The standard InChI is InChI=1S/C13H19NO2/c1-10-4-6-11(7-5-10)12(13(15)16)8-9-14(2)3/h4-7,12H,8-9H2,1-3H3,(H,15,16). The van der Waals surface area contributed by atoms with E-state index in [4.69, 9.17) is 0 Å². The average molecular weight is 221 g/mol. The smallest absolute Gasteiger partial charge is 0.311 e. The molecule has 0 aliphatic carbocycles. The van der Waals surface area contributed by atoms with Crippen LogP contribution in [0.2, 0.25) is 0 Å². The molecule has 0 aromatic heterocycles. The van der Waals surface area contributed by atoms with Crippen molar-refractivity contribution in [1.29, 1.82) is 0 Å². The van der Waals surface area contributed by atoms with Crippen molar-refractivity contribution < 1.29 is 9.90 Å². The topological polar surface area (TPSA) is 40.5 Å². The van der Waals surface area contributed by atoms with Crippen molar-refractivity contribution in [2.45, 2.75) is 19.3 Å². The Labute approximate surface area is 96.7 Å². The first-order valence-corrected chi connectivity index (χ1v) is 5.45. The molecular formula is C13H19NO2. The van der Waals surface area contributed by atoms with Crippen molar-refractivity contribution in [3.63, 3.8) is 0 Å². The van der Waals surface area contributed by atoms with Crippen LogP contribution < -0.4 is 0 Å². The number of benzene rings is 1. The molecule has 0 radical (unpaired) electrons. The van der Waals surface area contributed by atoms with Gasteiger partial charge in [-0.2, -0.15) is 0 Å². The molecule has 0 saturated carbocycles. The van der Waals surface area contributed by atoms with Crippen molar-refractivity contribution >= 4 is 5.97 Å². The summed E-state index contributed by atoms with van der Waals surface area (Å²) in [4.78, 5) is 13.2. The van der Waals surface area contributed by atoms with E-state index in [1.807, 2.05) is 50.2 Å². The number of nitrogens with zero attached hydrogens (tertiary/aromatic N) is 1. The maximum atomic E-state index is 11.2. The molecule has 16 heavy (non-hydrogen) atoms. The van der Waals surface area contributed by atoms with Gasteiger partial charge in [0.05, 0.1) is 5.92 Å². The molecule has 88 valence electrons. The van der Waals surface area contributed by atoms with E-state index in [1.54, 1.807) is 0 Å². The molecule has 1 atom stereocenters. The molecule has 0 spiro atoms. The minimum Gasteiger partial charge on any atom is -0.481 e. The highest BCUT2D eigenvalue weighted by Gasteiger charge is 2.19. The molecule has 3 nitrogen and oxygen atoms in total. The summed E-state index contributed by atoms with van der Waals surface area (Å²) >= 11 is 0. The van der Waals surface area contributed by atoms with Crippen LogP contribution in [0.1, 0.15) is 23.5 Å². The Morgan fingerprint density at radius 1 is 1.31 bits per heavy atom. The van der Waals surface area contributed by atoms with Crippen LogP contribution in [0.5, 0.6) is 0 Å². The maximum absolute atomic E-state index is 11.2. The van der Waals surface area contributed by atoms with Crippen molar-refractivity contribution in [3.8, 4) is 0 Å². The lowest BCUT2D eigenvalue weighted by molar-refractivity contribution is -0.139. The molecule has 1 rings (SSSR count). The molecule has 1 N–H and O–H groups in total. The molecule has 0 aliphatic rings. The van der Waals surface area contributed by atoms with Gasteiger partial charge in [0, 0.05) is 0 Å². The molecule has 0 bridgehead atoms. The number of aliphatic carboxylic acids is 1. The maximum Gasteiger partial charge on any atom is 0.311 e. The zero-order chi connectivity index (χ0) is 12.1. The summed E-state index contributed by atoms with van der Waals surface area (Å²) in [6.07, 6.45) is 0.644.